The third kappa shape index (κ3) is 3.83. The van der Waals surface area contributed by atoms with Crippen LogP contribution in [0.2, 0.25) is 0 Å². The molecule has 1 saturated carbocycles. The number of hydrogen-bond acceptors (Lipinski definition) is 7. The molecule has 2 saturated heterocycles. The summed E-state index contributed by atoms with van der Waals surface area (Å²) in [5, 5.41) is 5.80. The van der Waals surface area contributed by atoms with Gasteiger partial charge in [0.25, 0.3) is 11.8 Å². The van der Waals surface area contributed by atoms with Crippen LogP contribution in [-0.4, -0.2) is 77.8 Å². The Bertz CT molecular complexity index is 957. The predicted octanol–water partition coefficient (Wildman–Crippen LogP) is 0.295. The van der Waals surface area contributed by atoms with Crippen molar-refractivity contribution in [3.63, 3.8) is 0 Å². The molecule has 0 radical (unpaired) electrons. The molecule has 2 N–H and O–H groups in total. The highest BCUT2D eigenvalue weighted by Crippen LogP contribution is 2.37. The van der Waals surface area contributed by atoms with Crippen molar-refractivity contribution >= 4 is 23.6 Å². The van der Waals surface area contributed by atoms with E-state index in [2.05, 4.69) is 15.5 Å². The number of fused-ring (bicyclic) bond motifs is 1. The zero-order chi connectivity index (χ0) is 21.6. The molecule has 9 nitrogen and oxygen atoms in total. The van der Waals surface area contributed by atoms with Crippen LogP contribution in [0.25, 0.3) is 0 Å². The van der Waals surface area contributed by atoms with Crippen LogP contribution in [0.15, 0.2) is 18.2 Å². The molecular formula is C22H26N4O5. The van der Waals surface area contributed by atoms with Gasteiger partial charge in [0.05, 0.1) is 17.7 Å². The van der Waals surface area contributed by atoms with Gasteiger partial charge in [-0.05, 0) is 43.9 Å². The van der Waals surface area contributed by atoms with Gasteiger partial charge in [-0.15, -0.1) is 0 Å². The molecular weight excluding hydrogens is 400 g/mol. The molecule has 1 aliphatic carbocycles. The van der Waals surface area contributed by atoms with Crippen molar-refractivity contribution in [3.05, 3.63) is 29.3 Å². The summed E-state index contributed by atoms with van der Waals surface area (Å²) in [4.78, 5) is 52.5. The number of ether oxygens (including phenoxy) is 1. The normalized spacial score (nSPS) is 25.0. The molecule has 164 valence electrons. The summed E-state index contributed by atoms with van der Waals surface area (Å²) in [6.45, 7) is 4.67. The lowest BCUT2D eigenvalue weighted by Gasteiger charge is -2.33. The lowest BCUT2D eigenvalue weighted by molar-refractivity contribution is -0.136. The van der Waals surface area contributed by atoms with E-state index in [-0.39, 0.29) is 29.9 Å². The second kappa shape index (κ2) is 7.72. The van der Waals surface area contributed by atoms with E-state index in [0.29, 0.717) is 17.9 Å². The predicted molar refractivity (Wildman–Crippen MR) is 110 cm³/mol. The Morgan fingerprint density at radius 2 is 1.90 bits per heavy atom. The SMILES string of the molecule is O=C1CCC(N2C(=O)c3ccc(OCCCN4CCNC5(CC5)C4)cc3C2=O)C(=O)N1. The van der Waals surface area contributed by atoms with Crippen LogP contribution in [0, 0.1) is 0 Å². The number of benzene rings is 1. The maximum Gasteiger partial charge on any atom is 0.262 e. The number of piperazine rings is 1. The summed E-state index contributed by atoms with van der Waals surface area (Å²) in [6, 6.07) is 3.88. The van der Waals surface area contributed by atoms with Crippen LogP contribution in [0.5, 0.6) is 5.75 Å². The minimum atomic E-state index is -0.955. The highest BCUT2D eigenvalue weighted by Gasteiger charge is 2.46. The van der Waals surface area contributed by atoms with Crippen molar-refractivity contribution < 1.29 is 23.9 Å². The number of imide groups is 2. The lowest BCUT2D eigenvalue weighted by atomic mass is 10.0. The van der Waals surface area contributed by atoms with Gasteiger partial charge in [0, 0.05) is 38.1 Å². The van der Waals surface area contributed by atoms with Gasteiger partial charge < -0.3 is 15.0 Å². The Morgan fingerprint density at radius 1 is 1.10 bits per heavy atom. The van der Waals surface area contributed by atoms with Crippen molar-refractivity contribution in [3.8, 4) is 5.75 Å². The van der Waals surface area contributed by atoms with E-state index in [1.54, 1.807) is 18.2 Å². The molecule has 1 aromatic carbocycles. The lowest BCUT2D eigenvalue weighted by Crippen LogP contribution is -2.54. The van der Waals surface area contributed by atoms with Gasteiger partial charge >= 0.3 is 0 Å². The van der Waals surface area contributed by atoms with Gasteiger partial charge in [0.1, 0.15) is 11.8 Å². The first-order chi connectivity index (χ1) is 15.0. The van der Waals surface area contributed by atoms with E-state index in [1.807, 2.05) is 0 Å². The molecule has 0 bridgehead atoms. The standard InChI is InChI=1S/C22H26N4O5/c27-18-5-4-17(19(28)24-18)26-20(29)15-3-2-14(12-16(15)21(26)30)31-11-1-9-25-10-8-23-22(13-25)6-7-22/h2-3,12,17,23H,1,4-11,13H2,(H,24,27,28). The molecule has 0 aromatic heterocycles. The third-order valence-corrected chi connectivity index (χ3v) is 6.61. The molecule has 4 amide bonds. The Balaban J connectivity index is 1.18. The zero-order valence-electron chi connectivity index (χ0n) is 17.3. The molecule has 5 rings (SSSR count). The topological polar surface area (TPSA) is 108 Å². The van der Waals surface area contributed by atoms with Gasteiger partial charge in [-0.1, -0.05) is 0 Å². The van der Waals surface area contributed by atoms with E-state index in [1.165, 1.54) is 12.8 Å². The van der Waals surface area contributed by atoms with Crippen LogP contribution < -0.4 is 15.4 Å². The number of nitrogens with one attached hydrogen (secondary N) is 2. The van der Waals surface area contributed by atoms with Gasteiger partial charge in [0.2, 0.25) is 11.8 Å². The summed E-state index contributed by atoms with van der Waals surface area (Å²) < 4.78 is 5.84. The summed E-state index contributed by atoms with van der Waals surface area (Å²) in [5.74, 6) is -1.49. The average molecular weight is 426 g/mol. The molecule has 4 aliphatic rings. The van der Waals surface area contributed by atoms with Crippen molar-refractivity contribution in [1.82, 2.24) is 20.4 Å². The van der Waals surface area contributed by atoms with Crippen LogP contribution in [0.1, 0.15) is 52.8 Å². The van der Waals surface area contributed by atoms with E-state index >= 15 is 0 Å². The monoisotopic (exact) mass is 426 g/mol. The highest BCUT2D eigenvalue weighted by molar-refractivity contribution is 6.23. The Kier molecular flexibility index (Phi) is 5.02. The van der Waals surface area contributed by atoms with E-state index in [0.717, 1.165) is 37.5 Å². The number of carbonyl (C=O) groups excluding carboxylic acids is 4. The molecule has 9 heteroatoms. The van der Waals surface area contributed by atoms with Crippen molar-refractivity contribution in [1.29, 1.82) is 0 Å². The number of rotatable bonds is 6. The largest absolute Gasteiger partial charge is 0.494 e. The number of nitrogens with zero attached hydrogens (tertiary/aromatic N) is 2. The van der Waals surface area contributed by atoms with E-state index < -0.39 is 23.8 Å². The van der Waals surface area contributed by atoms with Gasteiger partial charge in [-0.3, -0.25) is 29.4 Å². The first kappa shape index (κ1) is 20.1. The number of hydrogen-bond donors (Lipinski definition) is 2. The molecule has 31 heavy (non-hydrogen) atoms. The molecule has 1 atom stereocenters. The summed E-state index contributed by atoms with van der Waals surface area (Å²) in [6.07, 6.45) is 3.65. The van der Waals surface area contributed by atoms with Crippen molar-refractivity contribution in [2.45, 2.75) is 43.7 Å². The molecule has 3 heterocycles. The molecule has 3 fully saturated rings. The fourth-order valence-corrected chi connectivity index (χ4v) is 4.74. The fourth-order valence-electron chi connectivity index (χ4n) is 4.74. The summed E-state index contributed by atoms with van der Waals surface area (Å²) in [5.41, 5.74) is 0.864. The van der Waals surface area contributed by atoms with Gasteiger partial charge in [-0.2, -0.15) is 0 Å². The minimum absolute atomic E-state index is 0.104. The summed E-state index contributed by atoms with van der Waals surface area (Å²) in [7, 11) is 0. The van der Waals surface area contributed by atoms with Crippen LogP contribution in [0.4, 0.5) is 0 Å². The van der Waals surface area contributed by atoms with Crippen LogP contribution >= 0.6 is 0 Å². The second-order valence-corrected chi connectivity index (χ2v) is 8.84. The first-order valence-electron chi connectivity index (χ1n) is 10.9. The Morgan fingerprint density at radius 3 is 2.68 bits per heavy atom. The smallest absolute Gasteiger partial charge is 0.262 e. The quantitative estimate of drug-likeness (QED) is 0.497. The van der Waals surface area contributed by atoms with Crippen LogP contribution in [0.3, 0.4) is 0 Å². The number of carbonyl (C=O) groups is 4. The molecule has 3 aliphatic heterocycles. The van der Waals surface area contributed by atoms with Gasteiger partial charge in [0.15, 0.2) is 0 Å². The highest BCUT2D eigenvalue weighted by atomic mass is 16.5. The third-order valence-electron chi connectivity index (χ3n) is 6.61. The van der Waals surface area contributed by atoms with Crippen LogP contribution in [-0.2, 0) is 9.59 Å². The zero-order valence-corrected chi connectivity index (χ0v) is 17.3. The van der Waals surface area contributed by atoms with Crippen molar-refractivity contribution in [2.75, 3.05) is 32.8 Å². The molecule has 1 unspecified atom stereocenters. The van der Waals surface area contributed by atoms with Crippen molar-refractivity contribution in [2.24, 2.45) is 0 Å². The average Bonchev–Trinajstić information content (AvgIpc) is 3.45. The maximum atomic E-state index is 12.9. The van der Waals surface area contributed by atoms with Gasteiger partial charge in [-0.25, -0.2) is 0 Å². The first-order valence-corrected chi connectivity index (χ1v) is 10.9. The number of amides is 4. The minimum Gasteiger partial charge on any atom is -0.494 e. The van der Waals surface area contributed by atoms with E-state index in [4.69, 9.17) is 4.74 Å². The molecule has 1 spiro atoms. The number of piperidine rings is 1. The second-order valence-electron chi connectivity index (χ2n) is 8.84. The molecule has 1 aromatic rings. The fraction of sp³-hybridized carbons (Fsp3) is 0.545. The maximum absolute atomic E-state index is 12.9. The van der Waals surface area contributed by atoms with E-state index in [9.17, 15) is 19.2 Å². The Hall–Kier alpha value is -2.78. The Labute approximate surface area is 180 Å². The summed E-state index contributed by atoms with van der Waals surface area (Å²) >= 11 is 0.